The molecule has 1 atom stereocenters. The molecule has 1 amide bonds. The number of carbonyl (C=O) groups excluding carboxylic acids is 1. The quantitative estimate of drug-likeness (QED) is 0.915. The first-order valence-electron chi connectivity index (χ1n) is 9.07. The SMILES string of the molecule is CC(C)(C)c1[nH]ncc1CN1CCC[C@H](C(=O)N2CCOCC2)C1. The molecule has 6 nitrogen and oxygen atoms in total. The fraction of sp³-hybridized carbons (Fsp3) is 0.778. The monoisotopic (exact) mass is 334 g/mol. The topological polar surface area (TPSA) is 61.5 Å². The Hall–Kier alpha value is -1.40. The van der Waals surface area contributed by atoms with Crippen LogP contribution >= 0.6 is 0 Å². The number of amides is 1. The number of hydrogen-bond donors (Lipinski definition) is 1. The number of piperidine rings is 1. The fourth-order valence-corrected chi connectivity index (χ4v) is 3.76. The van der Waals surface area contributed by atoms with Crippen LogP contribution in [-0.2, 0) is 21.5 Å². The van der Waals surface area contributed by atoms with Crippen LogP contribution in [0.4, 0.5) is 0 Å². The van der Waals surface area contributed by atoms with Gasteiger partial charge >= 0.3 is 0 Å². The van der Waals surface area contributed by atoms with Gasteiger partial charge in [0.1, 0.15) is 0 Å². The summed E-state index contributed by atoms with van der Waals surface area (Å²) >= 11 is 0. The number of ether oxygens (including phenoxy) is 1. The van der Waals surface area contributed by atoms with Crippen molar-refractivity contribution in [2.75, 3.05) is 39.4 Å². The van der Waals surface area contributed by atoms with Gasteiger partial charge < -0.3 is 9.64 Å². The summed E-state index contributed by atoms with van der Waals surface area (Å²) in [6.45, 7) is 12.2. The van der Waals surface area contributed by atoms with E-state index in [4.69, 9.17) is 4.74 Å². The molecule has 1 aromatic heterocycles. The number of morpholine rings is 1. The molecule has 3 rings (SSSR count). The number of nitrogens with zero attached hydrogens (tertiary/aromatic N) is 3. The summed E-state index contributed by atoms with van der Waals surface area (Å²) in [5.74, 6) is 0.438. The van der Waals surface area contributed by atoms with Gasteiger partial charge in [-0.05, 0) is 19.4 Å². The van der Waals surface area contributed by atoms with Gasteiger partial charge in [0.05, 0.1) is 25.3 Å². The molecule has 0 aliphatic carbocycles. The van der Waals surface area contributed by atoms with Gasteiger partial charge in [0.25, 0.3) is 0 Å². The smallest absolute Gasteiger partial charge is 0.227 e. The minimum Gasteiger partial charge on any atom is -0.378 e. The first-order valence-corrected chi connectivity index (χ1v) is 9.07. The van der Waals surface area contributed by atoms with Crippen LogP contribution in [0.5, 0.6) is 0 Å². The highest BCUT2D eigenvalue weighted by Crippen LogP contribution is 2.26. The highest BCUT2D eigenvalue weighted by Gasteiger charge is 2.31. The van der Waals surface area contributed by atoms with Crippen molar-refractivity contribution in [3.05, 3.63) is 17.5 Å². The highest BCUT2D eigenvalue weighted by atomic mass is 16.5. The van der Waals surface area contributed by atoms with E-state index in [1.54, 1.807) is 0 Å². The van der Waals surface area contributed by atoms with E-state index < -0.39 is 0 Å². The number of nitrogens with one attached hydrogen (secondary N) is 1. The third-order valence-corrected chi connectivity index (χ3v) is 5.04. The number of carbonyl (C=O) groups is 1. The molecular formula is C18H30N4O2. The molecule has 0 saturated carbocycles. The van der Waals surface area contributed by atoms with Gasteiger partial charge in [-0.2, -0.15) is 5.10 Å². The number of likely N-dealkylation sites (tertiary alicyclic amines) is 1. The first kappa shape index (κ1) is 17.4. The summed E-state index contributed by atoms with van der Waals surface area (Å²) in [7, 11) is 0. The van der Waals surface area contributed by atoms with E-state index in [2.05, 4.69) is 35.9 Å². The van der Waals surface area contributed by atoms with Crippen LogP contribution in [0.15, 0.2) is 6.20 Å². The van der Waals surface area contributed by atoms with Crippen molar-refractivity contribution in [2.24, 2.45) is 5.92 Å². The largest absolute Gasteiger partial charge is 0.378 e. The van der Waals surface area contributed by atoms with Gasteiger partial charge in [-0.1, -0.05) is 20.8 Å². The van der Waals surface area contributed by atoms with Gasteiger partial charge in [-0.15, -0.1) is 0 Å². The van der Waals surface area contributed by atoms with Gasteiger partial charge in [0, 0.05) is 42.9 Å². The summed E-state index contributed by atoms with van der Waals surface area (Å²) in [6, 6.07) is 0. The van der Waals surface area contributed by atoms with Crippen LogP contribution in [0.2, 0.25) is 0 Å². The summed E-state index contributed by atoms with van der Waals surface area (Å²) < 4.78 is 5.36. The van der Waals surface area contributed by atoms with Gasteiger partial charge in [0.2, 0.25) is 5.91 Å². The lowest BCUT2D eigenvalue weighted by Crippen LogP contribution is -2.48. The Morgan fingerprint density at radius 3 is 2.79 bits per heavy atom. The Morgan fingerprint density at radius 1 is 1.33 bits per heavy atom. The molecule has 134 valence electrons. The van der Waals surface area contributed by atoms with Crippen molar-refractivity contribution in [1.29, 1.82) is 0 Å². The average Bonchev–Trinajstić information content (AvgIpc) is 3.04. The predicted molar refractivity (Wildman–Crippen MR) is 92.7 cm³/mol. The number of H-pyrrole nitrogens is 1. The van der Waals surface area contributed by atoms with Crippen molar-refractivity contribution in [2.45, 2.75) is 45.6 Å². The van der Waals surface area contributed by atoms with Crippen molar-refractivity contribution >= 4 is 5.91 Å². The summed E-state index contributed by atoms with van der Waals surface area (Å²) in [5, 5.41) is 7.40. The van der Waals surface area contributed by atoms with Crippen LogP contribution in [0.25, 0.3) is 0 Å². The summed E-state index contributed by atoms with van der Waals surface area (Å²) in [4.78, 5) is 17.1. The molecule has 2 aliphatic heterocycles. The molecular weight excluding hydrogens is 304 g/mol. The normalized spacial score (nSPS) is 23.5. The number of aromatic amines is 1. The van der Waals surface area contributed by atoms with Gasteiger partial charge in [-0.25, -0.2) is 0 Å². The fourth-order valence-electron chi connectivity index (χ4n) is 3.76. The molecule has 0 radical (unpaired) electrons. The van der Waals surface area contributed by atoms with E-state index in [9.17, 15) is 4.79 Å². The zero-order valence-electron chi connectivity index (χ0n) is 15.2. The average molecular weight is 334 g/mol. The van der Waals surface area contributed by atoms with Crippen LogP contribution in [0, 0.1) is 5.92 Å². The molecule has 1 aromatic rings. The van der Waals surface area contributed by atoms with Crippen molar-refractivity contribution < 1.29 is 9.53 Å². The minimum absolute atomic E-state index is 0.0602. The number of hydrogen-bond acceptors (Lipinski definition) is 4. The lowest BCUT2D eigenvalue weighted by molar-refractivity contribution is -0.141. The first-order chi connectivity index (χ1) is 11.4. The maximum atomic E-state index is 12.8. The molecule has 2 saturated heterocycles. The van der Waals surface area contributed by atoms with Crippen molar-refractivity contribution in [1.82, 2.24) is 20.0 Å². The molecule has 6 heteroatoms. The molecule has 1 N–H and O–H groups in total. The predicted octanol–water partition coefficient (Wildman–Crippen LogP) is 1.78. The van der Waals surface area contributed by atoms with Crippen molar-refractivity contribution in [3.8, 4) is 0 Å². The van der Waals surface area contributed by atoms with Crippen LogP contribution in [0.1, 0.15) is 44.9 Å². The maximum absolute atomic E-state index is 12.8. The highest BCUT2D eigenvalue weighted by molar-refractivity contribution is 5.79. The minimum atomic E-state index is 0.0602. The second kappa shape index (κ2) is 7.23. The molecule has 0 unspecified atom stereocenters. The van der Waals surface area contributed by atoms with Gasteiger partial charge in [0.15, 0.2) is 0 Å². The van der Waals surface area contributed by atoms with E-state index >= 15 is 0 Å². The van der Waals surface area contributed by atoms with Crippen LogP contribution in [-0.4, -0.2) is 65.3 Å². The Labute approximate surface area is 144 Å². The van der Waals surface area contributed by atoms with E-state index in [1.807, 2.05) is 11.1 Å². The van der Waals surface area contributed by atoms with Crippen LogP contribution < -0.4 is 0 Å². The Kier molecular flexibility index (Phi) is 5.25. The number of aromatic nitrogens is 2. The summed E-state index contributed by atoms with van der Waals surface area (Å²) in [5.41, 5.74) is 2.51. The van der Waals surface area contributed by atoms with Crippen LogP contribution in [0.3, 0.4) is 0 Å². The third-order valence-electron chi connectivity index (χ3n) is 5.04. The molecule has 2 fully saturated rings. The van der Waals surface area contributed by atoms with Crippen molar-refractivity contribution in [3.63, 3.8) is 0 Å². The van der Waals surface area contributed by atoms with E-state index in [0.717, 1.165) is 45.6 Å². The Balaban J connectivity index is 1.62. The molecule has 2 aliphatic rings. The molecule has 0 bridgehead atoms. The molecule has 3 heterocycles. The Bertz CT molecular complexity index is 558. The molecule has 0 spiro atoms. The lowest BCUT2D eigenvalue weighted by atomic mass is 9.89. The zero-order valence-corrected chi connectivity index (χ0v) is 15.2. The Morgan fingerprint density at radius 2 is 2.08 bits per heavy atom. The van der Waals surface area contributed by atoms with E-state index in [0.29, 0.717) is 19.1 Å². The van der Waals surface area contributed by atoms with E-state index in [-0.39, 0.29) is 11.3 Å². The second-order valence-electron chi connectivity index (χ2n) is 8.03. The van der Waals surface area contributed by atoms with E-state index in [1.165, 1.54) is 11.3 Å². The molecule has 24 heavy (non-hydrogen) atoms. The summed E-state index contributed by atoms with van der Waals surface area (Å²) in [6.07, 6.45) is 4.03. The standard InChI is InChI=1S/C18H30N4O2/c1-18(2,3)16-15(11-19-20-16)13-21-6-4-5-14(12-21)17(23)22-7-9-24-10-8-22/h11,14H,4-10,12-13H2,1-3H3,(H,19,20)/t14-/m0/s1. The molecule has 0 aromatic carbocycles. The number of rotatable bonds is 3. The lowest BCUT2D eigenvalue weighted by Gasteiger charge is -2.36. The van der Waals surface area contributed by atoms with Gasteiger partial charge in [-0.3, -0.25) is 14.8 Å². The maximum Gasteiger partial charge on any atom is 0.227 e. The zero-order chi connectivity index (χ0) is 17.2. The third kappa shape index (κ3) is 3.98. The second-order valence-corrected chi connectivity index (χ2v) is 8.03.